The molecule has 80 valence electrons. The molecule has 1 unspecified atom stereocenters. The van der Waals surface area contributed by atoms with Gasteiger partial charge in [0, 0.05) is 24.5 Å². The Kier molecular flexibility index (Phi) is 2.45. The van der Waals surface area contributed by atoms with E-state index in [0.717, 1.165) is 16.1 Å². The van der Waals surface area contributed by atoms with Crippen molar-refractivity contribution in [2.45, 2.75) is 13.0 Å². The first-order valence-corrected chi connectivity index (χ1v) is 5.29. The van der Waals surface area contributed by atoms with Crippen molar-refractivity contribution in [3.05, 3.63) is 28.5 Å². The molecule has 2 heterocycles. The van der Waals surface area contributed by atoms with Gasteiger partial charge in [-0.2, -0.15) is 5.10 Å². The molecule has 1 atom stereocenters. The van der Waals surface area contributed by atoms with Crippen LogP contribution in [0.25, 0.3) is 0 Å². The van der Waals surface area contributed by atoms with Gasteiger partial charge in [-0.05, 0) is 6.92 Å². The molecule has 0 bridgehead atoms. The molecular formula is C9H12N4OS. The number of rotatable bonds is 2. The van der Waals surface area contributed by atoms with E-state index >= 15 is 0 Å². The van der Waals surface area contributed by atoms with Gasteiger partial charge >= 0.3 is 0 Å². The van der Waals surface area contributed by atoms with Crippen molar-refractivity contribution in [1.29, 1.82) is 0 Å². The maximum absolute atomic E-state index is 10.1. The summed E-state index contributed by atoms with van der Waals surface area (Å²) in [5, 5.41) is 14.6. The third-order valence-corrected chi connectivity index (χ3v) is 3.26. The van der Waals surface area contributed by atoms with Crippen molar-refractivity contribution in [3.8, 4) is 0 Å². The highest BCUT2D eigenvalue weighted by Gasteiger charge is 2.17. The van der Waals surface area contributed by atoms with Crippen LogP contribution in [-0.4, -0.2) is 19.9 Å². The van der Waals surface area contributed by atoms with Crippen LogP contribution >= 0.6 is 11.3 Å². The van der Waals surface area contributed by atoms with E-state index in [9.17, 15) is 5.11 Å². The summed E-state index contributed by atoms with van der Waals surface area (Å²) in [5.74, 6) is 0. The van der Waals surface area contributed by atoms with Crippen molar-refractivity contribution < 1.29 is 5.11 Å². The molecule has 0 saturated heterocycles. The quantitative estimate of drug-likeness (QED) is 0.792. The summed E-state index contributed by atoms with van der Waals surface area (Å²) in [6.45, 7) is 1.91. The Morgan fingerprint density at radius 3 is 2.73 bits per heavy atom. The molecule has 15 heavy (non-hydrogen) atoms. The van der Waals surface area contributed by atoms with Gasteiger partial charge in [-0.25, -0.2) is 4.98 Å². The fourth-order valence-electron chi connectivity index (χ4n) is 1.36. The number of nitrogen functional groups attached to an aromatic ring is 1. The average molecular weight is 224 g/mol. The zero-order valence-electron chi connectivity index (χ0n) is 8.51. The van der Waals surface area contributed by atoms with E-state index in [1.807, 2.05) is 14.0 Å². The van der Waals surface area contributed by atoms with Crippen molar-refractivity contribution >= 4 is 16.5 Å². The normalized spacial score (nSPS) is 13.0. The predicted molar refractivity (Wildman–Crippen MR) is 58.5 cm³/mol. The molecule has 6 heteroatoms. The lowest BCUT2D eigenvalue weighted by Crippen LogP contribution is -2.00. The lowest BCUT2D eigenvalue weighted by atomic mass is 10.1. The van der Waals surface area contributed by atoms with Crippen molar-refractivity contribution in [2.24, 2.45) is 7.05 Å². The molecule has 5 nitrogen and oxygen atoms in total. The maximum Gasteiger partial charge on any atom is 0.180 e. The molecule has 2 aromatic rings. The first kappa shape index (κ1) is 10.1. The molecular weight excluding hydrogens is 212 g/mol. The molecule has 0 spiro atoms. The van der Waals surface area contributed by atoms with Gasteiger partial charge in [0.2, 0.25) is 0 Å². The smallest absolute Gasteiger partial charge is 0.180 e. The second-order valence-corrected chi connectivity index (χ2v) is 4.41. The first-order chi connectivity index (χ1) is 7.09. The largest absolute Gasteiger partial charge is 0.383 e. The summed E-state index contributed by atoms with van der Waals surface area (Å²) in [5.41, 5.74) is 7.25. The number of hydrogen-bond donors (Lipinski definition) is 2. The second kappa shape index (κ2) is 3.63. The minimum Gasteiger partial charge on any atom is -0.383 e. The number of aromatic nitrogens is 3. The molecule has 0 fully saturated rings. The number of nitrogens with zero attached hydrogens (tertiary/aromatic N) is 3. The molecule has 0 aromatic carbocycles. The van der Waals surface area contributed by atoms with E-state index in [0.29, 0.717) is 5.13 Å². The molecule has 0 aliphatic carbocycles. The third-order valence-electron chi connectivity index (χ3n) is 2.38. The number of anilines is 1. The van der Waals surface area contributed by atoms with E-state index < -0.39 is 6.10 Å². The number of aliphatic hydroxyl groups is 1. The van der Waals surface area contributed by atoms with E-state index in [1.165, 1.54) is 11.3 Å². The fourth-order valence-corrected chi connectivity index (χ4v) is 2.06. The second-order valence-electron chi connectivity index (χ2n) is 3.31. The summed E-state index contributed by atoms with van der Waals surface area (Å²) in [6, 6.07) is 0. The van der Waals surface area contributed by atoms with Gasteiger partial charge in [-0.3, -0.25) is 4.68 Å². The van der Waals surface area contributed by atoms with Gasteiger partial charge in [-0.1, -0.05) is 11.3 Å². The SMILES string of the molecule is Cc1c(C(O)c2cnc(N)s2)cnn1C. The van der Waals surface area contributed by atoms with E-state index in [2.05, 4.69) is 10.1 Å². The Balaban J connectivity index is 2.36. The Morgan fingerprint density at radius 2 is 2.27 bits per heavy atom. The Labute approximate surface area is 91.2 Å². The van der Waals surface area contributed by atoms with E-state index in [4.69, 9.17) is 5.73 Å². The molecule has 3 N–H and O–H groups in total. The minimum absolute atomic E-state index is 0.464. The van der Waals surface area contributed by atoms with Gasteiger partial charge in [-0.15, -0.1) is 0 Å². The summed E-state index contributed by atoms with van der Waals surface area (Å²) in [7, 11) is 1.84. The van der Waals surface area contributed by atoms with Crippen LogP contribution in [0.2, 0.25) is 0 Å². The third kappa shape index (κ3) is 1.73. The molecule has 2 rings (SSSR count). The lowest BCUT2D eigenvalue weighted by Gasteiger charge is -2.06. The van der Waals surface area contributed by atoms with Crippen LogP contribution in [0.15, 0.2) is 12.4 Å². The summed E-state index contributed by atoms with van der Waals surface area (Å²) >= 11 is 1.29. The Hall–Kier alpha value is -1.40. The van der Waals surface area contributed by atoms with Crippen LogP contribution in [0.1, 0.15) is 22.2 Å². The van der Waals surface area contributed by atoms with Crippen LogP contribution in [0, 0.1) is 6.92 Å². The topological polar surface area (TPSA) is 77.0 Å². The van der Waals surface area contributed by atoms with Crippen molar-refractivity contribution in [2.75, 3.05) is 5.73 Å². The zero-order valence-corrected chi connectivity index (χ0v) is 9.32. The predicted octanol–water partition coefficient (Wildman–Crippen LogP) is 0.849. The van der Waals surface area contributed by atoms with Gasteiger partial charge in [0.05, 0.1) is 11.1 Å². The van der Waals surface area contributed by atoms with E-state index in [1.54, 1.807) is 17.1 Å². The number of nitrogens with two attached hydrogens (primary N) is 1. The Bertz CT molecular complexity index is 476. The molecule has 0 radical (unpaired) electrons. The lowest BCUT2D eigenvalue weighted by molar-refractivity contribution is 0.223. The van der Waals surface area contributed by atoms with Crippen LogP contribution in [0.4, 0.5) is 5.13 Å². The highest BCUT2D eigenvalue weighted by molar-refractivity contribution is 7.15. The first-order valence-electron chi connectivity index (χ1n) is 4.47. The number of thiazole rings is 1. The fraction of sp³-hybridized carbons (Fsp3) is 0.333. The molecule has 0 aliphatic rings. The van der Waals surface area contributed by atoms with Gasteiger partial charge in [0.25, 0.3) is 0 Å². The molecule has 0 aliphatic heterocycles. The highest BCUT2D eigenvalue weighted by Crippen LogP contribution is 2.29. The minimum atomic E-state index is -0.687. The Morgan fingerprint density at radius 1 is 1.53 bits per heavy atom. The number of aliphatic hydroxyl groups excluding tert-OH is 1. The van der Waals surface area contributed by atoms with Crippen LogP contribution in [0.5, 0.6) is 0 Å². The standard InChI is InChI=1S/C9H12N4OS/c1-5-6(3-12-13(5)2)8(14)7-4-11-9(10)15-7/h3-4,8,14H,1-2H3,(H2,10,11). The van der Waals surface area contributed by atoms with Gasteiger partial charge < -0.3 is 10.8 Å². The monoisotopic (exact) mass is 224 g/mol. The van der Waals surface area contributed by atoms with Gasteiger partial charge in [0.1, 0.15) is 6.10 Å². The summed E-state index contributed by atoms with van der Waals surface area (Å²) in [4.78, 5) is 4.65. The van der Waals surface area contributed by atoms with Gasteiger partial charge in [0.15, 0.2) is 5.13 Å². The van der Waals surface area contributed by atoms with Crippen molar-refractivity contribution in [1.82, 2.24) is 14.8 Å². The zero-order chi connectivity index (χ0) is 11.0. The molecule has 2 aromatic heterocycles. The van der Waals surface area contributed by atoms with Crippen LogP contribution in [0.3, 0.4) is 0 Å². The average Bonchev–Trinajstić information content (AvgIpc) is 2.75. The van der Waals surface area contributed by atoms with Crippen molar-refractivity contribution in [3.63, 3.8) is 0 Å². The summed E-state index contributed by atoms with van der Waals surface area (Å²) < 4.78 is 1.73. The summed E-state index contributed by atoms with van der Waals surface area (Å²) in [6.07, 6.45) is 2.57. The highest BCUT2D eigenvalue weighted by atomic mass is 32.1. The number of aryl methyl sites for hydroxylation is 1. The van der Waals surface area contributed by atoms with E-state index in [-0.39, 0.29) is 0 Å². The maximum atomic E-state index is 10.1. The molecule has 0 saturated carbocycles. The van der Waals surface area contributed by atoms with Crippen LogP contribution in [-0.2, 0) is 7.05 Å². The molecule has 0 amide bonds. The number of hydrogen-bond acceptors (Lipinski definition) is 5. The van der Waals surface area contributed by atoms with Crippen LogP contribution < -0.4 is 5.73 Å².